The number of allylic oxidation sites excluding steroid dienone is 4. The van der Waals surface area contributed by atoms with Crippen LogP contribution in [0.2, 0.25) is 0 Å². The van der Waals surface area contributed by atoms with Gasteiger partial charge in [0.2, 0.25) is 0 Å². The molecule has 7 rings (SSSR count). The molecule has 0 saturated carbocycles. The van der Waals surface area contributed by atoms with E-state index in [1.54, 1.807) is 0 Å². The van der Waals surface area contributed by atoms with E-state index in [4.69, 9.17) is 0 Å². The lowest BCUT2D eigenvalue weighted by atomic mass is 10.1. The number of aromatic nitrogens is 1. The van der Waals surface area contributed by atoms with Gasteiger partial charge in [0, 0.05) is 44.6 Å². The van der Waals surface area contributed by atoms with Gasteiger partial charge in [0.1, 0.15) is 0 Å². The highest BCUT2D eigenvalue weighted by Gasteiger charge is 2.31. The first-order chi connectivity index (χ1) is 18.2. The summed E-state index contributed by atoms with van der Waals surface area (Å²) >= 11 is 0. The third-order valence-electron chi connectivity index (χ3n) is 7.48. The Kier molecular flexibility index (Phi) is 5.27. The minimum atomic E-state index is -3.13. The Bertz CT molecular complexity index is 1810. The molecule has 0 saturated heterocycles. The molecule has 3 nitrogen and oxygen atoms in total. The van der Waals surface area contributed by atoms with Crippen LogP contribution in [0.15, 0.2) is 115 Å². The maximum absolute atomic E-state index is 15.3. The summed E-state index contributed by atoms with van der Waals surface area (Å²) in [5, 5.41) is 8.31. The van der Waals surface area contributed by atoms with Crippen molar-refractivity contribution < 1.29 is 4.57 Å². The SMILES string of the molecule is O=P(c1ccccc1)(c1ccc2c(c1)NCC=C2)c1ccc2c(c1)c1ccccc1n2C1=CCCC=C1. The average molecular weight is 499 g/mol. The van der Waals surface area contributed by atoms with E-state index >= 15 is 4.57 Å². The Morgan fingerprint density at radius 2 is 1.46 bits per heavy atom. The molecule has 0 fully saturated rings. The highest BCUT2D eigenvalue weighted by molar-refractivity contribution is 7.85. The van der Waals surface area contributed by atoms with E-state index in [2.05, 4.69) is 94.9 Å². The van der Waals surface area contributed by atoms with Gasteiger partial charge < -0.3 is 14.4 Å². The summed E-state index contributed by atoms with van der Waals surface area (Å²) < 4.78 is 17.7. The maximum Gasteiger partial charge on any atom is 0.171 e. The van der Waals surface area contributed by atoms with Crippen LogP contribution >= 0.6 is 7.14 Å². The molecular weight excluding hydrogens is 471 g/mol. The highest BCUT2D eigenvalue weighted by Crippen LogP contribution is 2.45. The first-order valence-electron chi connectivity index (χ1n) is 12.8. The molecule has 180 valence electrons. The van der Waals surface area contributed by atoms with E-state index < -0.39 is 7.14 Å². The molecule has 1 atom stereocenters. The smallest absolute Gasteiger partial charge is 0.171 e. The molecule has 0 spiro atoms. The molecule has 4 aromatic carbocycles. The second-order valence-corrected chi connectivity index (χ2v) is 12.4. The van der Waals surface area contributed by atoms with Crippen LogP contribution in [-0.4, -0.2) is 11.1 Å². The third kappa shape index (κ3) is 3.54. The minimum Gasteiger partial charge on any atom is -0.381 e. The van der Waals surface area contributed by atoms with Crippen molar-refractivity contribution in [1.29, 1.82) is 0 Å². The molecule has 5 aromatic rings. The standard InChI is InChI=1S/C33H27N2OP/c36-37(26-13-5-2-6-14-26,28-18-17-24-10-9-21-34-31(24)23-28)27-19-20-33-30(22-27)29-15-7-8-16-32(29)35(33)25-11-3-1-4-12-25/h2-3,5-20,22-23,34H,1,4,21H2. The largest absolute Gasteiger partial charge is 0.381 e. The molecule has 1 aromatic heterocycles. The van der Waals surface area contributed by atoms with E-state index in [0.717, 1.165) is 57.5 Å². The Morgan fingerprint density at radius 3 is 2.32 bits per heavy atom. The van der Waals surface area contributed by atoms with Crippen LogP contribution in [0.4, 0.5) is 5.69 Å². The van der Waals surface area contributed by atoms with Crippen LogP contribution in [0.3, 0.4) is 0 Å². The van der Waals surface area contributed by atoms with Crippen molar-refractivity contribution in [3.05, 3.63) is 121 Å². The van der Waals surface area contributed by atoms with E-state index in [9.17, 15) is 0 Å². The number of benzene rings is 4. The lowest BCUT2D eigenvalue weighted by molar-refractivity contribution is 0.592. The van der Waals surface area contributed by atoms with Gasteiger partial charge in [-0.2, -0.15) is 0 Å². The van der Waals surface area contributed by atoms with Crippen LogP contribution in [-0.2, 0) is 4.57 Å². The maximum atomic E-state index is 15.3. The summed E-state index contributed by atoms with van der Waals surface area (Å²) in [6.07, 6.45) is 13.1. The Labute approximate surface area is 216 Å². The third-order valence-corrected chi connectivity index (χ3v) is 10.5. The van der Waals surface area contributed by atoms with Gasteiger partial charge in [-0.1, -0.05) is 85.0 Å². The van der Waals surface area contributed by atoms with E-state index in [0.29, 0.717) is 0 Å². The molecule has 37 heavy (non-hydrogen) atoms. The molecule has 1 aliphatic heterocycles. The molecule has 2 heterocycles. The highest BCUT2D eigenvalue weighted by atomic mass is 31.2. The van der Waals surface area contributed by atoms with Crippen molar-refractivity contribution in [2.75, 3.05) is 11.9 Å². The van der Waals surface area contributed by atoms with Gasteiger partial charge >= 0.3 is 0 Å². The Hall–Kier alpha value is -4.07. The quantitative estimate of drug-likeness (QED) is 0.269. The predicted octanol–water partition coefficient (Wildman–Crippen LogP) is 7.06. The number of para-hydroxylation sites is 1. The van der Waals surface area contributed by atoms with Crippen molar-refractivity contribution in [2.45, 2.75) is 12.8 Å². The summed E-state index contributed by atoms with van der Waals surface area (Å²) in [5.74, 6) is 0. The van der Waals surface area contributed by atoms with Gasteiger partial charge in [0.25, 0.3) is 0 Å². The van der Waals surface area contributed by atoms with Crippen molar-refractivity contribution in [2.24, 2.45) is 0 Å². The fourth-order valence-electron chi connectivity index (χ4n) is 5.68. The monoisotopic (exact) mass is 498 g/mol. The number of rotatable bonds is 4. The fraction of sp³-hybridized carbons (Fsp3) is 0.0909. The minimum absolute atomic E-state index is 0.780. The molecule has 1 unspecified atom stereocenters. The number of nitrogens with zero attached hydrogens (tertiary/aromatic N) is 1. The van der Waals surface area contributed by atoms with Crippen LogP contribution in [0, 0.1) is 0 Å². The predicted molar refractivity (Wildman–Crippen MR) is 159 cm³/mol. The van der Waals surface area contributed by atoms with Gasteiger partial charge in [-0.15, -0.1) is 0 Å². The molecule has 0 amide bonds. The van der Waals surface area contributed by atoms with Crippen LogP contribution in [0.5, 0.6) is 0 Å². The van der Waals surface area contributed by atoms with Crippen molar-refractivity contribution in [3.8, 4) is 0 Å². The molecule has 1 aliphatic carbocycles. The molecule has 1 N–H and O–H groups in total. The topological polar surface area (TPSA) is 34.0 Å². The zero-order chi connectivity index (χ0) is 24.8. The summed E-state index contributed by atoms with van der Waals surface area (Å²) in [5.41, 5.74) is 5.67. The van der Waals surface area contributed by atoms with Gasteiger partial charge in [-0.3, -0.25) is 0 Å². The number of hydrogen-bond acceptors (Lipinski definition) is 2. The Morgan fingerprint density at radius 1 is 0.676 bits per heavy atom. The zero-order valence-corrected chi connectivity index (χ0v) is 21.4. The van der Waals surface area contributed by atoms with E-state index in [1.165, 1.54) is 16.6 Å². The summed E-state index contributed by atoms with van der Waals surface area (Å²) in [6, 6.07) is 31.1. The fourth-order valence-corrected chi connectivity index (χ4v) is 8.36. The number of nitrogens with one attached hydrogen (secondary N) is 1. The van der Waals surface area contributed by atoms with E-state index in [-0.39, 0.29) is 0 Å². The molecule has 4 heteroatoms. The molecular formula is C33H27N2OP. The second-order valence-electron chi connectivity index (χ2n) is 9.66. The lowest BCUT2D eigenvalue weighted by Crippen LogP contribution is -2.25. The van der Waals surface area contributed by atoms with Crippen LogP contribution in [0.1, 0.15) is 18.4 Å². The van der Waals surface area contributed by atoms with Gasteiger partial charge in [0.15, 0.2) is 7.14 Å². The van der Waals surface area contributed by atoms with Gasteiger partial charge in [0.05, 0.1) is 11.0 Å². The van der Waals surface area contributed by atoms with Gasteiger partial charge in [-0.05, 0) is 54.8 Å². The first kappa shape index (κ1) is 22.2. The molecule has 2 aliphatic rings. The summed E-state index contributed by atoms with van der Waals surface area (Å²) in [6.45, 7) is 0.780. The number of anilines is 1. The number of hydrogen-bond donors (Lipinski definition) is 1. The van der Waals surface area contributed by atoms with Gasteiger partial charge in [-0.25, -0.2) is 0 Å². The van der Waals surface area contributed by atoms with Crippen LogP contribution in [0.25, 0.3) is 33.6 Å². The van der Waals surface area contributed by atoms with Crippen molar-refractivity contribution in [1.82, 2.24) is 4.57 Å². The zero-order valence-electron chi connectivity index (χ0n) is 20.5. The average Bonchev–Trinajstić information content (AvgIpc) is 3.31. The molecule has 0 radical (unpaired) electrons. The lowest BCUT2D eigenvalue weighted by Gasteiger charge is -2.22. The number of fused-ring (bicyclic) bond motifs is 4. The summed E-state index contributed by atoms with van der Waals surface area (Å²) in [7, 11) is -3.13. The first-order valence-corrected chi connectivity index (χ1v) is 14.6. The van der Waals surface area contributed by atoms with Crippen LogP contribution < -0.4 is 21.2 Å². The second kappa shape index (κ2) is 8.80. The van der Waals surface area contributed by atoms with E-state index in [1.807, 2.05) is 36.4 Å². The Balaban J connectivity index is 1.49. The van der Waals surface area contributed by atoms with Crippen molar-refractivity contribution >= 4 is 62.3 Å². The summed E-state index contributed by atoms with van der Waals surface area (Å²) in [4.78, 5) is 0. The normalized spacial score (nSPS) is 16.3. The van der Waals surface area contributed by atoms with Crippen molar-refractivity contribution in [3.63, 3.8) is 0 Å². The molecule has 0 bridgehead atoms.